The van der Waals surface area contributed by atoms with E-state index in [9.17, 15) is 18.0 Å². The lowest BCUT2D eigenvalue weighted by molar-refractivity contribution is -0.177. The number of carbonyl (C=O) groups is 1. The van der Waals surface area contributed by atoms with Crippen molar-refractivity contribution in [3.8, 4) is 0 Å². The summed E-state index contributed by atoms with van der Waals surface area (Å²) in [6.45, 7) is 10.0. The van der Waals surface area contributed by atoms with Gasteiger partial charge in [-0.15, -0.1) is 0 Å². The highest BCUT2D eigenvalue weighted by molar-refractivity contribution is 6.74. The number of benzene rings is 1. The Morgan fingerprint density at radius 1 is 1.12 bits per heavy atom. The zero-order valence-corrected chi connectivity index (χ0v) is 16.7. The first kappa shape index (κ1) is 21.7. The first-order chi connectivity index (χ1) is 11.2. The fourth-order valence-electron chi connectivity index (χ4n) is 1.83. The second-order valence-electron chi connectivity index (χ2n) is 7.40. The second kappa shape index (κ2) is 7.47. The van der Waals surface area contributed by atoms with Crippen molar-refractivity contribution in [2.75, 3.05) is 14.2 Å². The van der Waals surface area contributed by atoms with Crippen LogP contribution in [-0.4, -0.2) is 33.4 Å². The predicted molar refractivity (Wildman–Crippen MR) is 92.2 cm³/mol. The number of likely N-dealkylation sites (N-methyl/N-ethyl adjacent to an activating group) is 1. The van der Waals surface area contributed by atoms with Gasteiger partial charge in [0, 0.05) is 7.05 Å². The quantitative estimate of drug-likeness (QED) is 0.547. The van der Waals surface area contributed by atoms with E-state index < -0.39 is 32.1 Å². The standard InChI is InChI=1S/C17H26F3NO3Si/c1-16(2,3)25(6,7)24-14(15(22)21(4)23-5)12-8-10-13(11-9-12)17(18,19)20/h8-11,14H,1-7H3. The minimum atomic E-state index is -4.43. The van der Waals surface area contributed by atoms with Gasteiger partial charge >= 0.3 is 6.18 Å². The summed E-state index contributed by atoms with van der Waals surface area (Å²) in [5.41, 5.74) is -0.401. The number of hydroxylamine groups is 2. The predicted octanol–water partition coefficient (Wildman–Crippen LogP) is 4.79. The van der Waals surface area contributed by atoms with Gasteiger partial charge in [-0.2, -0.15) is 13.2 Å². The van der Waals surface area contributed by atoms with Gasteiger partial charge in [0.05, 0.1) is 12.7 Å². The zero-order valence-electron chi connectivity index (χ0n) is 15.7. The summed E-state index contributed by atoms with van der Waals surface area (Å²) < 4.78 is 44.5. The Morgan fingerprint density at radius 3 is 1.96 bits per heavy atom. The van der Waals surface area contributed by atoms with Crippen molar-refractivity contribution in [3.63, 3.8) is 0 Å². The third kappa shape index (κ3) is 5.29. The number of hydrogen-bond donors (Lipinski definition) is 0. The Hall–Kier alpha value is -1.38. The van der Waals surface area contributed by atoms with Crippen molar-refractivity contribution in [2.45, 2.75) is 51.2 Å². The molecule has 0 aliphatic rings. The number of alkyl halides is 3. The molecule has 142 valence electrons. The van der Waals surface area contributed by atoms with Gasteiger partial charge in [-0.3, -0.25) is 9.63 Å². The fourth-order valence-corrected chi connectivity index (χ4v) is 3.01. The van der Waals surface area contributed by atoms with Gasteiger partial charge in [0.15, 0.2) is 14.4 Å². The molecule has 0 saturated carbocycles. The largest absolute Gasteiger partial charge is 0.416 e. The molecule has 0 aliphatic heterocycles. The van der Waals surface area contributed by atoms with Crippen LogP contribution in [0.15, 0.2) is 24.3 Å². The van der Waals surface area contributed by atoms with E-state index in [2.05, 4.69) is 0 Å². The average Bonchev–Trinajstić information content (AvgIpc) is 2.49. The maximum absolute atomic E-state index is 12.8. The van der Waals surface area contributed by atoms with Crippen LogP contribution in [-0.2, 0) is 20.2 Å². The molecular formula is C17H26F3NO3Si. The molecule has 1 unspecified atom stereocenters. The van der Waals surface area contributed by atoms with Crippen molar-refractivity contribution < 1.29 is 27.2 Å². The molecule has 0 bridgehead atoms. The van der Waals surface area contributed by atoms with Crippen molar-refractivity contribution in [1.29, 1.82) is 0 Å². The van der Waals surface area contributed by atoms with E-state index in [1.807, 2.05) is 33.9 Å². The number of hydrogen-bond acceptors (Lipinski definition) is 3. The number of rotatable bonds is 5. The SMILES string of the molecule is CON(C)C(=O)C(O[Si](C)(C)C(C)(C)C)c1ccc(C(F)(F)F)cc1. The lowest BCUT2D eigenvalue weighted by Crippen LogP contribution is -2.45. The molecular weight excluding hydrogens is 351 g/mol. The minimum absolute atomic E-state index is 0.164. The van der Waals surface area contributed by atoms with Gasteiger partial charge in [0.25, 0.3) is 5.91 Å². The number of amides is 1. The van der Waals surface area contributed by atoms with E-state index in [1.165, 1.54) is 26.3 Å². The van der Waals surface area contributed by atoms with Gasteiger partial charge in [0.1, 0.15) is 0 Å². The first-order valence-electron chi connectivity index (χ1n) is 7.87. The van der Waals surface area contributed by atoms with E-state index in [4.69, 9.17) is 9.26 Å². The minimum Gasteiger partial charge on any atom is -0.401 e. The Morgan fingerprint density at radius 2 is 1.60 bits per heavy atom. The molecule has 25 heavy (non-hydrogen) atoms. The summed E-state index contributed by atoms with van der Waals surface area (Å²) in [5, 5.41) is 0.860. The highest BCUT2D eigenvalue weighted by atomic mass is 28.4. The average molecular weight is 377 g/mol. The van der Waals surface area contributed by atoms with E-state index in [0.29, 0.717) is 5.56 Å². The Kier molecular flexibility index (Phi) is 6.47. The zero-order chi connectivity index (χ0) is 19.6. The van der Waals surface area contributed by atoms with E-state index in [1.54, 1.807) is 0 Å². The third-order valence-electron chi connectivity index (χ3n) is 4.57. The number of nitrogens with zero attached hydrogens (tertiary/aromatic N) is 1. The summed E-state index contributed by atoms with van der Waals surface area (Å²) in [6, 6.07) is 4.47. The molecule has 1 atom stereocenters. The Labute approximate surface area is 148 Å². The van der Waals surface area contributed by atoms with Crippen LogP contribution in [0.2, 0.25) is 18.1 Å². The molecule has 1 amide bonds. The van der Waals surface area contributed by atoms with Crippen molar-refractivity contribution in [1.82, 2.24) is 5.06 Å². The molecule has 0 fully saturated rings. The van der Waals surface area contributed by atoms with Crippen LogP contribution in [0.3, 0.4) is 0 Å². The van der Waals surface area contributed by atoms with Crippen LogP contribution in [0.4, 0.5) is 13.2 Å². The number of halogens is 3. The van der Waals surface area contributed by atoms with Gasteiger partial charge in [-0.25, -0.2) is 5.06 Å². The summed E-state index contributed by atoms with van der Waals surface area (Å²) in [4.78, 5) is 17.6. The molecule has 1 aromatic carbocycles. The van der Waals surface area contributed by atoms with Crippen LogP contribution in [0, 0.1) is 0 Å². The summed E-state index contributed by atoms with van der Waals surface area (Å²) in [5.74, 6) is -0.466. The molecule has 0 heterocycles. The second-order valence-corrected chi connectivity index (χ2v) is 12.2. The van der Waals surface area contributed by atoms with Crippen LogP contribution >= 0.6 is 0 Å². The lowest BCUT2D eigenvalue weighted by atomic mass is 10.1. The molecule has 0 spiro atoms. The monoisotopic (exact) mass is 377 g/mol. The number of carbonyl (C=O) groups excluding carboxylic acids is 1. The van der Waals surface area contributed by atoms with Gasteiger partial charge in [-0.1, -0.05) is 32.9 Å². The van der Waals surface area contributed by atoms with Crippen LogP contribution in [0.5, 0.6) is 0 Å². The Balaban J connectivity index is 3.26. The summed E-state index contributed by atoms with van der Waals surface area (Å²) >= 11 is 0. The van der Waals surface area contributed by atoms with Gasteiger partial charge in [0.2, 0.25) is 0 Å². The van der Waals surface area contributed by atoms with Crippen molar-refractivity contribution in [3.05, 3.63) is 35.4 Å². The highest BCUT2D eigenvalue weighted by Gasteiger charge is 2.42. The smallest absolute Gasteiger partial charge is 0.401 e. The molecule has 0 N–H and O–H groups in total. The van der Waals surface area contributed by atoms with Crippen molar-refractivity contribution in [2.24, 2.45) is 0 Å². The molecule has 0 radical (unpaired) electrons. The Bertz CT molecular complexity index is 595. The molecule has 8 heteroatoms. The van der Waals surface area contributed by atoms with Gasteiger partial charge in [-0.05, 0) is 35.8 Å². The molecule has 1 rings (SSSR count). The molecule has 0 saturated heterocycles. The first-order valence-corrected chi connectivity index (χ1v) is 10.8. The van der Waals surface area contributed by atoms with Crippen LogP contribution in [0.25, 0.3) is 0 Å². The topological polar surface area (TPSA) is 38.8 Å². The third-order valence-corrected chi connectivity index (χ3v) is 9.01. The van der Waals surface area contributed by atoms with E-state index in [0.717, 1.165) is 17.2 Å². The fraction of sp³-hybridized carbons (Fsp3) is 0.588. The molecule has 4 nitrogen and oxygen atoms in total. The van der Waals surface area contributed by atoms with Gasteiger partial charge < -0.3 is 4.43 Å². The van der Waals surface area contributed by atoms with E-state index in [-0.39, 0.29) is 5.04 Å². The maximum Gasteiger partial charge on any atom is 0.416 e. The normalized spacial score (nSPS) is 14.3. The molecule has 0 aliphatic carbocycles. The highest BCUT2D eigenvalue weighted by Crippen LogP contribution is 2.40. The summed E-state index contributed by atoms with van der Waals surface area (Å²) in [6.07, 6.45) is -5.45. The van der Waals surface area contributed by atoms with Crippen molar-refractivity contribution >= 4 is 14.2 Å². The lowest BCUT2D eigenvalue weighted by Gasteiger charge is -2.39. The maximum atomic E-state index is 12.8. The molecule has 0 aromatic heterocycles. The van der Waals surface area contributed by atoms with E-state index >= 15 is 0 Å². The van der Waals surface area contributed by atoms with Crippen LogP contribution < -0.4 is 0 Å². The summed E-state index contributed by atoms with van der Waals surface area (Å²) in [7, 11) is 0.433. The molecule has 1 aromatic rings. The van der Waals surface area contributed by atoms with Crippen LogP contribution in [0.1, 0.15) is 38.0 Å².